The summed E-state index contributed by atoms with van der Waals surface area (Å²) in [6.45, 7) is 0.905. The zero-order valence-corrected chi connectivity index (χ0v) is 22.2. The van der Waals surface area contributed by atoms with Gasteiger partial charge in [-0.05, 0) is 78.4 Å². The first-order valence-electron chi connectivity index (χ1n) is 13.1. The van der Waals surface area contributed by atoms with Crippen LogP contribution in [0.2, 0.25) is 0 Å². The van der Waals surface area contributed by atoms with Gasteiger partial charge in [0.1, 0.15) is 17.3 Å². The molecule has 0 spiro atoms. The summed E-state index contributed by atoms with van der Waals surface area (Å²) in [6.07, 6.45) is -2.53. The molecule has 214 valence electrons. The van der Waals surface area contributed by atoms with Crippen LogP contribution in [0.4, 0.5) is 23.2 Å². The molecule has 1 amide bonds. The van der Waals surface area contributed by atoms with Crippen molar-refractivity contribution < 1.29 is 27.1 Å². The number of benzene rings is 3. The molecule has 41 heavy (non-hydrogen) atoms. The van der Waals surface area contributed by atoms with Gasteiger partial charge in [-0.25, -0.2) is 9.07 Å². The largest absolute Gasteiger partial charge is 0.497 e. The summed E-state index contributed by atoms with van der Waals surface area (Å²) >= 11 is 0. The summed E-state index contributed by atoms with van der Waals surface area (Å²) in [4.78, 5) is 13.3. The molecule has 4 aromatic rings. The van der Waals surface area contributed by atoms with E-state index in [9.17, 15) is 22.4 Å². The zero-order chi connectivity index (χ0) is 29.1. The van der Waals surface area contributed by atoms with E-state index in [2.05, 4.69) is 15.7 Å². The van der Waals surface area contributed by atoms with Gasteiger partial charge in [0, 0.05) is 12.6 Å². The lowest BCUT2D eigenvalue weighted by molar-refractivity contribution is -0.141. The van der Waals surface area contributed by atoms with E-state index >= 15 is 0 Å². The lowest BCUT2D eigenvalue weighted by Gasteiger charge is -2.21. The van der Waals surface area contributed by atoms with Gasteiger partial charge in [0.15, 0.2) is 5.69 Å². The van der Waals surface area contributed by atoms with E-state index < -0.39 is 29.3 Å². The molecule has 1 fully saturated rings. The maximum atomic E-state index is 15.0. The number of aromatic nitrogens is 2. The van der Waals surface area contributed by atoms with E-state index in [1.54, 1.807) is 25.3 Å². The quantitative estimate of drug-likeness (QED) is 0.210. The Bertz CT molecular complexity index is 1530. The van der Waals surface area contributed by atoms with Crippen LogP contribution in [0.25, 0.3) is 5.69 Å². The number of anilines is 1. The number of nitrogens with zero attached hydrogens (tertiary/aromatic N) is 2. The van der Waals surface area contributed by atoms with Crippen LogP contribution in [0.5, 0.6) is 5.75 Å². The lowest BCUT2D eigenvalue weighted by atomic mass is 9.97. The average Bonchev–Trinajstić information content (AvgIpc) is 3.68. The van der Waals surface area contributed by atoms with Crippen LogP contribution in [0.1, 0.15) is 51.8 Å². The van der Waals surface area contributed by atoms with Crippen molar-refractivity contribution in [3.8, 4) is 11.4 Å². The van der Waals surface area contributed by atoms with Crippen LogP contribution in [-0.2, 0) is 12.7 Å². The number of hydrogen-bond donors (Lipinski definition) is 3. The molecule has 1 aliphatic carbocycles. The second-order valence-electron chi connectivity index (χ2n) is 9.95. The van der Waals surface area contributed by atoms with E-state index in [1.807, 2.05) is 24.3 Å². The molecule has 0 bridgehead atoms. The Morgan fingerprint density at radius 1 is 1.07 bits per heavy atom. The summed E-state index contributed by atoms with van der Waals surface area (Å²) in [5, 5.41) is 9.61. The topological polar surface area (TPSA) is 94.2 Å². The van der Waals surface area contributed by atoms with Crippen molar-refractivity contribution in [1.82, 2.24) is 15.1 Å². The van der Waals surface area contributed by atoms with E-state index in [1.165, 1.54) is 24.3 Å². The number of methoxy groups -OCH3 is 1. The summed E-state index contributed by atoms with van der Waals surface area (Å²) < 4.78 is 61.9. The number of nitrogens with one attached hydrogen (secondary N) is 2. The molecule has 4 N–H and O–H groups in total. The van der Waals surface area contributed by atoms with Crippen LogP contribution in [0.15, 0.2) is 72.8 Å². The smallest absolute Gasteiger partial charge is 0.435 e. The van der Waals surface area contributed by atoms with Crippen LogP contribution in [-0.4, -0.2) is 29.3 Å². The number of hydrogen-bond acceptors (Lipinski definition) is 5. The van der Waals surface area contributed by atoms with E-state index in [-0.39, 0.29) is 24.0 Å². The van der Waals surface area contributed by atoms with Crippen LogP contribution in [0.3, 0.4) is 0 Å². The minimum atomic E-state index is -4.80. The second kappa shape index (κ2) is 11.7. The molecule has 1 aliphatic rings. The van der Waals surface area contributed by atoms with Gasteiger partial charge in [-0.1, -0.05) is 30.3 Å². The number of amides is 1. The first kappa shape index (κ1) is 28.3. The zero-order valence-electron chi connectivity index (χ0n) is 22.2. The third-order valence-electron chi connectivity index (χ3n) is 6.95. The number of halogens is 4. The molecule has 0 saturated heterocycles. The molecule has 0 aliphatic heterocycles. The summed E-state index contributed by atoms with van der Waals surface area (Å²) in [6, 6.07) is 18.5. The normalized spacial score (nSPS) is 14.1. The molecule has 1 heterocycles. The number of ether oxygens (including phenoxy) is 1. The predicted molar refractivity (Wildman–Crippen MR) is 146 cm³/mol. The fourth-order valence-electron chi connectivity index (χ4n) is 4.53. The van der Waals surface area contributed by atoms with Crippen molar-refractivity contribution in [2.24, 2.45) is 11.7 Å². The Morgan fingerprint density at radius 2 is 1.80 bits per heavy atom. The van der Waals surface area contributed by atoms with Gasteiger partial charge in [0.2, 0.25) is 0 Å². The van der Waals surface area contributed by atoms with Crippen molar-refractivity contribution in [2.45, 2.75) is 31.6 Å². The van der Waals surface area contributed by atoms with E-state index in [4.69, 9.17) is 10.5 Å². The van der Waals surface area contributed by atoms with Crippen molar-refractivity contribution in [3.05, 3.63) is 107 Å². The summed E-state index contributed by atoms with van der Waals surface area (Å²) in [5.41, 5.74) is 6.29. The Kier molecular flexibility index (Phi) is 8.09. The fourth-order valence-corrected chi connectivity index (χ4v) is 4.53. The van der Waals surface area contributed by atoms with Gasteiger partial charge < -0.3 is 21.1 Å². The van der Waals surface area contributed by atoms with Crippen LogP contribution < -0.4 is 21.1 Å². The molecule has 3 aromatic carbocycles. The van der Waals surface area contributed by atoms with Crippen molar-refractivity contribution in [3.63, 3.8) is 0 Å². The van der Waals surface area contributed by atoms with Gasteiger partial charge in [-0.3, -0.25) is 4.79 Å². The van der Waals surface area contributed by atoms with Crippen LogP contribution >= 0.6 is 0 Å². The van der Waals surface area contributed by atoms with Crippen molar-refractivity contribution >= 4 is 11.6 Å². The fraction of sp³-hybridized carbons (Fsp3) is 0.267. The van der Waals surface area contributed by atoms with Gasteiger partial charge >= 0.3 is 6.18 Å². The number of carbonyl (C=O) groups excluding carboxylic acids is 1. The van der Waals surface area contributed by atoms with Crippen molar-refractivity contribution in [2.75, 3.05) is 19.0 Å². The highest BCUT2D eigenvalue weighted by molar-refractivity contribution is 6.03. The average molecular weight is 568 g/mol. The minimum absolute atomic E-state index is 0.144. The third-order valence-corrected chi connectivity index (χ3v) is 6.95. The Morgan fingerprint density at radius 3 is 2.46 bits per heavy atom. The molecule has 7 nitrogen and oxygen atoms in total. The molecule has 1 atom stereocenters. The molecule has 1 unspecified atom stereocenters. The Balaban J connectivity index is 1.48. The highest BCUT2D eigenvalue weighted by atomic mass is 19.4. The van der Waals surface area contributed by atoms with E-state index in [0.29, 0.717) is 28.9 Å². The number of nitrogens with two attached hydrogens (primary N) is 1. The molecule has 1 aromatic heterocycles. The van der Waals surface area contributed by atoms with E-state index in [0.717, 1.165) is 29.6 Å². The second-order valence-corrected chi connectivity index (χ2v) is 9.95. The number of rotatable bonds is 10. The van der Waals surface area contributed by atoms with Gasteiger partial charge in [0.25, 0.3) is 5.91 Å². The highest BCUT2D eigenvalue weighted by Gasteiger charge is 2.36. The first-order valence-corrected chi connectivity index (χ1v) is 13.1. The Labute approximate surface area is 234 Å². The minimum Gasteiger partial charge on any atom is -0.497 e. The monoisotopic (exact) mass is 567 g/mol. The Hall–Kier alpha value is -4.22. The maximum Gasteiger partial charge on any atom is 0.435 e. The standard InChI is InChI=1S/C30H29F4N5O2/c1-41-23-10-7-20(8-11-23)28(36-17-18-5-6-18)21-9-12-24(31)25(14-21)37-29(40)26-15-27(30(32,33)34)38-39(26)22-4-2-3-19(13-22)16-35/h2-4,7-15,18,28,36H,5-6,16-17,35H2,1H3,(H,37,40). The molecular formula is C30H29F4N5O2. The third kappa shape index (κ3) is 6.58. The number of carbonyl (C=O) groups is 1. The maximum absolute atomic E-state index is 15.0. The lowest BCUT2D eigenvalue weighted by Crippen LogP contribution is -2.25. The SMILES string of the molecule is COc1ccc(C(NCC2CC2)c2ccc(F)c(NC(=O)c3cc(C(F)(F)F)nn3-c3cccc(CN)c3)c2)cc1. The molecular weight excluding hydrogens is 538 g/mol. The first-order chi connectivity index (χ1) is 19.7. The molecule has 5 rings (SSSR count). The van der Waals surface area contributed by atoms with Crippen LogP contribution in [0, 0.1) is 11.7 Å². The summed E-state index contributed by atoms with van der Waals surface area (Å²) in [7, 11) is 1.57. The number of alkyl halides is 3. The van der Waals surface area contributed by atoms with Gasteiger partial charge in [-0.15, -0.1) is 0 Å². The van der Waals surface area contributed by atoms with Gasteiger partial charge in [0.05, 0.1) is 24.5 Å². The molecule has 11 heteroatoms. The van der Waals surface area contributed by atoms with Gasteiger partial charge in [-0.2, -0.15) is 18.3 Å². The molecule has 1 saturated carbocycles. The predicted octanol–water partition coefficient (Wildman–Crippen LogP) is 5.84. The van der Waals surface area contributed by atoms with Crippen molar-refractivity contribution in [1.29, 1.82) is 0 Å². The molecule has 0 radical (unpaired) electrons. The summed E-state index contributed by atoms with van der Waals surface area (Å²) in [5.74, 6) is -0.427. The highest BCUT2D eigenvalue weighted by Crippen LogP contribution is 2.33.